The Morgan fingerprint density at radius 2 is 1.93 bits per heavy atom. The van der Waals surface area contributed by atoms with Gasteiger partial charge in [0.2, 0.25) is 0 Å². The summed E-state index contributed by atoms with van der Waals surface area (Å²) in [5.41, 5.74) is 1.65. The quantitative estimate of drug-likeness (QED) is 0.321. The fourth-order valence-electron chi connectivity index (χ4n) is 2.71. The Balaban J connectivity index is 1.63. The summed E-state index contributed by atoms with van der Waals surface area (Å²) in [4.78, 5) is 19.5. The lowest BCUT2D eigenvalue weighted by Crippen LogP contribution is -2.09. The van der Waals surface area contributed by atoms with E-state index in [-0.39, 0.29) is 17.2 Å². The molecular formula is C23H23N3O4. The van der Waals surface area contributed by atoms with Crippen LogP contribution in [0.2, 0.25) is 0 Å². The average Bonchev–Trinajstić information content (AvgIpc) is 3.16. The second-order valence-corrected chi connectivity index (χ2v) is 7.17. The molecule has 0 fully saturated rings. The van der Waals surface area contributed by atoms with Crippen LogP contribution in [0.4, 0.5) is 0 Å². The number of carbonyl (C=O) groups excluding carboxylic acids is 1. The molecule has 1 aromatic heterocycles. The Hall–Kier alpha value is -3.79. The summed E-state index contributed by atoms with van der Waals surface area (Å²) in [5, 5.41) is 19.7. The van der Waals surface area contributed by atoms with Crippen LogP contribution in [-0.4, -0.2) is 34.3 Å². The maximum atomic E-state index is 12.2. The minimum Gasteiger partial charge on any atom is -0.507 e. The average molecular weight is 405 g/mol. The maximum Gasteiger partial charge on any atom is 0.338 e. The highest BCUT2D eigenvalue weighted by molar-refractivity contribution is 5.90. The Morgan fingerprint density at radius 1 is 1.20 bits per heavy atom. The summed E-state index contributed by atoms with van der Waals surface area (Å²) in [6.07, 6.45) is 0.946. The maximum absolute atomic E-state index is 12.2. The number of fused-ring (bicyclic) bond motifs is 1. The van der Waals surface area contributed by atoms with E-state index in [9.17, 15) is 15.2 Å². The molecule has 30 heavy (non-hydrogen) atoms. The normalized spacial score (nSPS) is 11.8. The van der Waals surface area contributed by atoms with Crippen LogP contribution in [0.3, 0.4) is 0 Å². The van der Waals surface area contributed by atoms with Gasteiger partial charge >= 0.3 is 5.97 Å². The number of aliphatic hydroxyl groups is 1. The van der Waals surface area contributed by atoms with Crippen molar-refractivity contribution in [2.75, 3.05) is 13.2 Å². The van der Waals surface area contributed by atoms with Gasteiger partial charge in [0.25, 0.3) is 0 Å². The number of H-pyrrole nitrogens is 1. The molecule has 0 aliphatic heterocycles. The lowest BCUT2D eigenvalue weighted by atomic mass is 10.1. The van der Waals surface area contributed by atoms with Crippen molar-refractivity contribution in [3.05, 3.63) is 65.7 Å². The molecule has 0 saturated heterocycles. The molecule has 3 aromatic rings. The van der Waals surface area contributed by atoms with Gasteiger partial charge in [0.05, 0.1) is 23.2 Å². The van der Waals surface area contributed by atoms with Crippen LogP contribution < -0.4 is 4.74 Å². The van der Waals surface area contributed by atoms with E-state index in [2.05, 4.69) is 23.8 Å². The number of hydrogen-bond acceptors (Lipinski definition) is 6. The topological polar surface area (TPSA) is 108 Å². The van der Waals surface area contributed by atoms with Crippen LogP contribution in [0.25, 0.3) is 16.6 Å². The molecule has 0 aliphatic carbocycles. The molecular weight excluding hydrogens is 382 g/mol. The molecule has 0 saturated carbocycles. The standard InChI is InChI=1S/C23H23N3O4/c1-15(2)11-12-29-17-9-7-16(8-10-17)23(28)30-14-21(27)18(13-24)22-25-19-5-3-4-6-20(19)26-22/h3-10,15,27H,11-12,14H2,1-2H3,(H,25,26)/b21-18-. The number of allylic oxidation sites excluding steroid dienone is 1. The van der Waals surface area contributed by atoms with Gasteiger partial charge in [-0.05, 0) is 48.7 Å². The van der Waals surface area contributed by atoms with Gasteiger partial charge in [0.15, 0.2) is 11.6 Å². The predicted octanol–water partition coefficient (Wildman–Crippen LogP) is 4.64. The molecule has 0 spiro atoms. The van der Waals surface area contributed by atoms with Crippen molar-refractivity contribution in [3.63, 3.8) is 0 Å². The van der Waals surface area contributed by atoms with Gasteiger partial charge in [-0.1, -0.05) is 26.0 Å². The summed E-state index contributed by atoms with van der Waals surface area (Å²) >= 11 is 0. The molecule has 0 radical (unpaired) electrons. The van der Waals surface area contributed by atoms with Gasteiger partial charge in [-0.15, -0.1) is 0 Å². The summed E-state index contributed by atoms with van der Waals surface area (Å²) in [6, 6.07) is 15.8. The van der Waals surface area contributed by atoms with Crippen molar-refractivity contribution in [2.24, 2.45) is 5.92 Å². The number of carbonyl (C=O) groups is 1. The second-order valence-electron chi connectivity index (χ2n) is 7.17. The van der Waals surface area contributed by atoms with Gasteiger partial charge in [-0.25, -0.2) is 9.78 Å². The third-order valence-corrected chi connectivity index (χ3v) is 4.42. The number of para-hydroxylation sites is 2. The molecule has 7 heteroatoms. The molecule has 0 aliphatic rings. The number of hydrogen-bond donors (Lipinski definition) is 2. The molecule has 1 heterocycles. The number of imidazole rings is 1. The fourth-order valence-corrected chi connectivity index (χ4v) is 2.71. The van der Waals surface area contributed by atoms with Crippen molar-refractivity contribution in [1.82, 2.24) is 9.97 Å². The van der Waals surface area contributed by atoms with Crippen LogP contribution in [0.5, 0.6) is 5.75 Å². The fraction of sp³-hybridized carbons (Fsp3) is 0.261. The lowest BCUT2D eigenvalue weighted by molar-refractivity contribution is 0.0502. The zero-order chi connectivity index (χ0) is 21.5. The van der Waals surface area contributed by atoms with E-state index in [1.807, 2.05) is 24.3 Å². The van der Waals surface area contributed by atoms with Crippen LogP contribution >= 0.6 is 0 Å². The van der Waals surface area contributed by atoms with E-state index < -0.39 is 12.6 Å². The molecule has 0 amide bonds. The van der Waals surface area contributed by atoms with Crippen molar-refractivity contribution >= 4 is 22.6 Å². The zero-order valence-electron chi connectivity index (χ0n) is 16.9. The van der Waals surface area contributed by atoms with Crippen molar-refractivity contribution in [2.45, 2.75) is 20.3 Å². The molecule has 3 rings (SSSR count). The van der Waals surface area contributed by atoms with E-state index >= 15 is 0 Å². The van der Waals surface area contributed by atoms with Gasteiger partial charge < -0.3 is 19.6 Å². The summed E-state index contributed by atoms with van der Waals surface area (Å²) in [7, 11) is 0. The van der Waals surface area contributed by atoms with E-state index in [0.717, 1.165) is 11.9 Å². The number of rotatable bonds is 8. The smallest absolute Gasteiger partial charge is 0.338 e. The summed E-state index contributed by atoms with van der Waals surface area (Å²) < 4.78 is 10.8. The number of nitrogens with zero attached hydrogens (tertiary/aromatic N) is 2. The Kier molecular flexibility index (Phi) is 6.71. The second kappa shape index (κ2) is 9.61. The van der Waals surface area contributed by atoms with Gasteiger partial charge in [-0.3, -0.25) is 0 Å². The van der Waals surface area contributed by atoms with Gasteiger partial charge in [-0.2, -0.15) is 5.26 Å². The molecule has 0 bridgehead atoms. The first-order chi connectivity index (χ1) is 14.5. The number of aliphatic hydroxyl groups excluding tert-OH is 1. The monoisotopic (exact) mass is 405 g/mol. The molecule has 7 nitrogen and oxygen atoms in total. The number of aromatic nitrogens is 2. The molecule has 2 N–H and O–H groups in total. The highest BCUT2D eigenvalue weighted by atomic mass is 16.5. The van der Waals surface area contributed by atoms with Crippen LogP contribution in [0, 0.1) is 17.2 Å². The Bertz CT molecular complexity index is 1060. The largest absolute Gasteiger partial charge is 0.507 e. The lowest BCUT2D eigenvalue weighted by Gasteiger charge is -2.09. The van der Waals surface area contributed by atoms with Crippen LogP contribution in [0.15, 0.2) is 54.3 Å². The first kappa shape index (κ1) is 20.9. The number of esters is 1. The van der Waals surface area contributed by atoms with E-state index in [1.54, 1.807) is 30.3 Å². The Morgan fingerprint density at radius 3 is 2.60 bits per heavy atom. The van der Waals surface area contributed by atoms with Crippen molar-refractivity contribution in [1.29, 1.82) is 5.26 Å². The summed E-state index contributed by atoms with van der Waals surface area (Å²) in [5.74, 6) is 0.454. The number of nitrogens with one attached hydrogen (secondary N) is 1. The molecule has 2 aromatic carbocycles. The van der Waals surface area contributed by atoms with E-state index in [0.29, 0.717) is 29.4 Å². The van der Waals surface area contributed by atoms with Crippen molar-refractivity contribution in [3.8, 4) is 11.8 Å². The minimum absolute atomic E-state index is 0.0760. The Labute approximate surface area is 174 Å². The van der Waals surface area contributed by atoms with Crippen LogP contribution in [0.1, 0.15) is 36.5 Å². The van der Waals surface area contributed by atoms with Gasteiger partial charge in [0.1, 0.15) is 24.0 Å². The third kappa shape index (κ3) is 5.17. The van der Waals surface area contributed by atoms with E-state index in [1.165, 1.54) is 0 Å². The first-order valence-electron chi connectivity index (χ1n) is 9.65. The number of aromatic amines is 1. The minimum atomic E-state index is -0.614. The number of nitriles is 1. The number of ether oxygens (including phenoxy) is 2. The molecule has 0 unspecified atom stereocenters. The van der Waals surface area contributed by atoms with Gasteiger partial charge in [0, 0.05) is 0 Å². The number of benzene rings is 2. The van der Waals surface area contributed by atoms with Crippen molar-refractivity contribution < 1.29 is 19.4 Å². The van der Waals surface area contributed by atoms with E-state index in [4.69, 9.17) is 9.47 Å². The third-order valence-electron chi connectivity index (χ3n) is 4.42. The zero-order valence-corrected chi connectivity index (χ0v) is 16.9. The molecule has 0 atom stereocenters. The SMILES string of the molecule is CC(C)CCOc1ccc(C(=O)OC/C(O)=C(\C#N)c2nc3ccccc3[nH]2)cc1. The highest BCUT2D eigenvalue weighted by Gasteiger charge is 2.15. The predicted molar refractivity (Wildman–Crippen MR) is 113 cm³/mol. The first-order valence-corrected chi connectivity index (χ1v) is 9.65. The molecule has 154 valence electrons. The highest BCUT2D eigenvalue weighted by Crippen LogP contribution is 2.19. The summed E-state index contributed by atoms with van der Waals surface area (Å²) in [6.45, 7) is 4.42. The van der Waals surface area contributed by atoms with Crippen LogP contribution in [-0.2, 0) is 4.74 Å².